The molecule has 0 N–H and O–H groups in total. The van der Waals surface area contributed by atoms with Crippen LogP contribution in [-0.2, 0) is 6.54 Å². The van der Waals surface area contributed by atoms with Gasteiger partial charge in [0.2, 0.25) is 0 Å². The molecule has 0 radical (unpaired) electrons. The fourth-order valence-corrected chi connectivity index (χ4v) is 5.20. The largest absolute Gasteiger partial charge is 0.280 e. The van der Waals surface area contributed by atoms with Crippen molar-refractivity contribution in [2.75, 3.05) is 0 Å². The van der Waals surface area contributed by atoms with E-state index in [1.165, 1.54) is 6.08 Å². The number of hydrogen-bond acceptors (Lipinski definition) is 4. The predicted octanol–water partition coefficient (Wildman–Crippen LogP) is 11.2. The lowest BCUT2D eigenvalue weighted by atomic mass is 9.93. The van der Waals surface area contributed by atoms with Crippen LogP contribution in [0.5, 0.6) is 0 Å². The molecule has 216 valence electrons. The van der Waals surface area contributed by atoms with Crippen LogP contribution in [0.2, 0.25) is 10.0 Å². The van der Waals surface area contributed by atoms with Crippen LogP contribution in [-0.4, -0.2) is 10.9 Å². The molecule has 43 heavy (non-hydrogen) atoms. The van der Waals surface area contributed by atoms with Crippen molar-refractivity contribution >= 4 is 77.5 Å². The second-order valence-corrected chi connectivity index (χ2v) is 12.0. The molecular weight excluding hydrogens is 731 g/mol. The van der Waals surface area contributed by atoms with Crippen LogP contribution in [0.3, 0.4) is 0 Å². The van der Waals surface area contributed by atoms with Crippen LogP contribution in [0.4, 0.5) is 0 Å². The predicted molar refractivity (Wildman–Crippen MR) is 186 cm³/mol. The second-order valence-electron chi connectivity index (χ2n) is 9.03. The summed E-state index contributed by atoms with van der Waals surface area (Å²) in [7, 11) is 0. The molecule has 0 spiro atoms. The van der Waals surface area contributed by atoms with Gasteiger partial charge in [0.15, 0.2) is 0 Å². The number of hydrogen-bond donors (Lipinski definition) is 0. The van der Waals surface area contributed by atoms with E-state index in [0.29, 0.717) is 28.2 Å². The van der Waals surface area contributed by atoms with Gasteiger partial charge in [-0.1, -0.05) is 134 Å². The highest BCUT2D eigenvalue weighted by atomic mass is 79.9. The minimum atomic E-state index is -0.141. The number of rotatable bonds is 5. The quantitative estimate of drug-likeness (QED) is 0.150. The van der Waals surface area contributed by atoms with Crippen molar-refractivity contribution in [3.8, 4) is 12.1 Å². The smallest absolute Gasteiger partial charge is 0.131 e. The standard InChI is InChI=1S/C17H12BrClN2.C14H10BrCl2N.C3H3N/c18-13-7-5-11(6-8-13)17-12(10-20)9-16(21-17)14-3-1-2-4-15(14)19;15-12-7-5-10(6-8-12)14(17)18-9-11-3-1-2-4-13(11)16;1-2-3-4/h1-8,12,17H,9H2;1-8H,9H2;2H,1H2/t12-,17+;;/m1../s1. The summed E-state index contributed by atoms with van der Waals surface area (Å²) in [4.78, 5) is 9.10. The summed E-state index contributed by atoms with van der Waals surface area (Å²) < 4.78 is 2.04. The molecule has 1 aliphatic rings. The molecule has 0 bridgehead atoms. The van der Waals surface area contributed by atoms with Crippen LogP contribution < -0.4 is 0 Å². The first kappa shape index (κ1) is 34.3. The molecule has 0 unspecified atom stereocenters. The molecule has 1 aliphatic heterocycles. The minimum Gasteiger partial charge on any atom is -0.280 e. The average molecular weight is 756 g/mol. The molecule has 2 atom stereocenters. The number of halogens is 5. The zero-order chi connectivity index (χ0) is 31.2. The van der Waals surface area contributed by atoms with Gasteiger partial charge in [0, 0.05) is 48.3 Å². The summed E-state index contributed by atoms with van der Waals surface area (Å²) in [5.41, 5.74) is 4.77. The molecule has 1 heterocycles. The molecule has 0 saturated carbocycles. The second kappa shape index (κ2) is 17.8. The molecule has 5 rings (SSSR count). The Labute approximate surface area is 284 Å². The maximum Gasteiger partial charge on any atom is 0.131 e. The Bertz CT molecular complexity index is 1670. The van der Waals surface area contributed by atoms with Gasteiger partial charge in [0.1, 0.15) is 5.17 Å². The van der Waals surface area contributed by atoms with Gasteiger partial charge in [-0.2, -0.15) is 10.5 Å². The molecule has 0 amide bonds. The molecule has 9 heteroatoms. The lowest BCUT2D eigenvalue weighted by Gasteiger charge is -2.11. The first-order valence-electron chi connectivity index (χ1n) is 12.9. The van der Waals surface area contributed by atoms with Crippen molar-refractivity contribution in [3.05, 3.63) is 151 Å². The van der Waals surface area contributed by atoms with Gasteiger partial charge in [-0.05, 0) is 47.5 Å². The van der Waals surface area contributed by atoms with Crippen LogP contribution in [0.25, 0.3) is 0 Å². The van der Waals surface area contributed by atoms with Crippen LogP contribution >= 0.6 is 66.7 Å². The molecule has 0 saturated heterocycles. The fraction of sp³-hybridized carbons (Fsp3) is 0.118. The van der Waals surface area contributed by atoms with E-state index in [1.807, 2.05) is 97.1 Å². The molecular formula is C34H25Br2Cl3N4. The number of nitriles is 2. The van der Waals surface area contributed by atoms with Crippen molar-refractivity contribution in [3.63, 3.8) is 0 Å². The molecule has 0 fully saturated rings. The molecule has 4 aromatic carbocycles. The Balaban J connectivity index is 0.000000212. The third-order valence-electron chi connectivity index (χ3n) is 6.17. The zero-order valence-electron chi connectivity index (χ0n) is 22.8. The van der Waals surface area contributed by atoms with Gasteiger partial charge in [0.25, 0.3) is 0 Å². The Morgan fingerprint density at radius 1 is 0.884 bits per heavy atom. The van der Waals surface area contributed by atoms with E-state index in [4.69, 9.17) is 45.1 Å². The minimum absolute atomic E-state index is 0.116. The Hall–Kier alpha value is -3.23. The Morgan fingerprint density at radius 3 is 2.00 bits per heavy atom. The Morgan fingerprint density at radius 2 is 1.44 bits per heavy atom. The van der Waals surface area contributed by atoms with E-state index in [0.717, 1.165) is 36.9 Å². The van der Waals surface area contributed by atoms with Crippen LogP contribution in [0.15, 0.2) is 129 Å². The van der Waals surface area contributed by atoms with Gasteiger partial charge in [-0.25, -0.2) is 0 Å². The molecule has 4 nitrogen and oxygen atoms in total. The summed E-state index contributed by atoms with van der Waals surface area (Å²) in [5.74, 6) is -0.141. The highest BCUT2D eigenvalue weighted by Crippen LogP contribution is 2.37. The summed E-state index contributed by atoms with van der Waals surface area (Å²) in [6.07, 6.45) is 1.82. The molecule has 0 aliphatic carbocycles. The monoisotopic (exact) mass is 752 g/mol. The highest BCUT2D eigenvalue weighted by molar-refractivity contribution is 9.10. The van der Waals surface area contributed by atoms with Gasteiger partial charge in [-0.15, -0.1) is 0 Å². The molecule has 4 aromatic rings. The van der Waals surface area contributed by atoms with Crippen molar-refractivity contribution < 1.29 is 0 Å². The van der Waals surface area contributed by atoms with Crippen LogP contribution in [0.1, 0.15) is 34.7 Å². The van der Waals surface area contributed by atoms with Crippen molar-refractivity contribution in [1.82, 2.24) is 0 Å². The number of aliphatic imine (C=N–C) groups is 2. The van der Waals surface area contributed by atoms with E-state index < -0.39 is 0 Å². The summed E-state index contributed by atoms with van der Waals surface area (Å²) in [6, 6.07) is 34.9. The van der Waals surface area contributed by atoms with E-state index in [-0.39, 0.29) is 12.0 Å². The summed E-state index contributed by atoms with van der Waals surface area (Å²) in [5, 5.41) is 18.8. The first-order valence-corrected chi connectivity index (χ1v) is 15.7. The lowest BCUT2D eigenvalue weighted by Crippen LogP contribution is -2.05. The third-order valence-corrected chi connectivity index (χ3v) is 8.26. The first-order chi connectivity index (χ1) is 20.8. The maximum absolute atomic E-state index is 9.42. The highest BCUT2D eigenvalue weighted by Gasteiger charge is 2.31. The average Bonchev–Trinajstić information content (AvgIpc) is 3.46. The normalized spacial score (nSPS) is 15.4. The van der Waals surface area contributed by atoms with Gasteiger partial charge in [-0.3, -0.25) is 9.98 Å². The fourth-order valence-electron chi connectivity index (χ4n) is 4.05. The van der Waals surface area contributed by atoms with Crippen LogP contribution in [0, 0.1) is 28.6 Å². The van der Waals surface area contributed by atoms with E-state index >= 15 is 0 Å². The molecule has 0 aromatic heterocycles. The van der Waals surface area contributed by atoms with Gasteiger partial charge < -0.3 is 0 Å². The van der Waals surface area contributed by atoms with E-state index in [9.17, 15) is 5.26 Å². The third kappa shape index (κ3) is 10.5. The Kier molecular flexibility index (Phi) is 14.2. The number of benzene rings is 4. The summed E-state index contributed by atoms with van der Waals surface area (Å²) in [6.45, 7) is 3.60. The van der Waals surface area contributed by atoms with E-state index in [1.54, 1.807) is 6.07 Å². The summed E-state index contributed by atoms with van der Waals surface area (Å²) >= 11 is 25.3. The zero-order valence-corrected chi connectivity index (χ0v) is 28.2. The lowest BCUT2D eigenvalue weighted by molar-refractivity contribution is 0.593. The SMILES string of the molecule is C=CC#N.ClC(=NCc1ccccc1Cl)c1ccc(Br)cc1.N#C[C@H]1CC(c2ccccc2Cl)=N[C@H]1c1ccc(Br)cc1. The van der Waals surface area contributed by atoms with Gasteiger partial charge in [0.05, 0.1) is 30.6 Å². The van der Waals surface area contributed by atoms with Crippen molar-refractivity contribution in [2.24, 2.45) is 15.9 Å². The topological polar surface area (TPSA) is 72.3 Å². The van der Waals surface area contributed by atoms with Crippen molar-refractivity contribution in [2.45, 2.75) is 19.0 Å². The number of allylic oxidation sites excluding steroid dienone is 1. The van der Waals surface area contributed by atoms with Crippen molar-refractivity contribution in [1.29, 1.82) is 10.5 Å². The van der Waals surface area contributed by atoms with E-state index in [2.05, 4.69) is 49.5 Å². The maximum atomic E-state index is 9.42. The van der Waals surface area contributed by atoms with Gasteiger partial charge >= 0.3 is 0 Å². The number of nitrogens with zero attached hydrogens (tertiary/aromatic N) is 4.